The second-order valence-corrected chi connectivity index (χ2v) is 6.32. The number of carbonyl (C=O) groups is 1. The molecule has 5 heteroatoms. The Morgan fingerprint density at radius 2 is 2.00 bits per heavy atom. The van der Waals surface area contributed by atoms with Gasteiger partial charge in [0.2, 0.25) is 0 Å². The van der Waals surface area contributed by atoms with E-state index in [0.717, 1.165) is 32.4 Å². The van der Waals surface area contributed by atoms with Crippen molar-refractivity contribution in [3.63, 3.8) is 0 Å². The smallest absolute Gasteiger partial charge is 0.321 e. The summed E-state index contributed by atoms with van der Waals surface area (Å²) in [5.74, 6) is 1.18. The van der Waals surface area contributed by atoms with Crippen LogP contribution in [0.2, 0.25) is 5.02 Å². The van der Waals surface area contributed by atoms with Gasteiger partial charge in [0.25, 0.3) is 0 Å². The van der Waals surface area contributed by atoms with Crippen molar-refractivity contribution in [2.75, 3.05) is 18.4 Å². The fourth-order valence-electron chi connectivity index (χ4n) is 3.39. The number of nitrogens with zero attached hydrogens (tertiary/aromatic N) is 1. The second-order valence-electron chi connectivity index (χ2n) is 5.91. The third-order valence-electron chi connectivity index (χ3n) is 4.49. The zero-order valence-electron chi connectivity index (χ0n) is 11.4. The van der Waals surface area contributed by atoms with E-state index in [2.05, 4.69) is 5.32 Å². The monoisotopic (exact) mass is 293 g/mol. The Balaban J connectivity index is 1.63. The standard InChI is InChI=1S/C15H20ClN3O/c16-13-3-1-2-4-14(13)18-15(20)19-8-10-5-6-12(17)7-11(10)9-19/h1-4,10-12H,5-9,17H2,(H,18,20)/t10-,11+,12?/m1/s1. The molecule has 1 aromatic carbocycles. The lowest BCUT2D eigenvalue weighted by atomic mass is 9.79. The number of nitrogens with two attached hydrogens (primary N) is 1. The van der Waals surface area contributed by atoms with E-state index in [-0.39, 0.29) is 6.03 Å². The molecule has 1 saturated heterocycles. The van der Waals surface area contributed by atoms with Crippen molar-refractivity contribution in [2.24, 2.45) is 17.6 Å². The molecule has 108 valence electrons. The number of para-hydroxylation sites is 1. The molecule has 4 nitrogen and oxygen atoms in total. The normalized spacial score (nSPS) is 29.1. The molecule has 1 aliphatic heterocycles. The molecule has 1 saturated carbocycles. The summed E-state index contributed by atoms with van der Waals surface area (Å²) in [6.07, 6.45) is 3.27. The summed E-state index contributed by atoms with van der Waals surface area (Å²) >= 11 is 6.07. The lowest BCUT2D eigenvalue weighted by Crippen LogP contribution is -2.33. The SMILES string of the molecule is NC1CC[C@@H]2CN(C(=O)Nc3ccccc3Cl)C[C@@H]2C1. The predicted octanol–water partition coefficient (Wildman–Crippen LogP) is 2.93. The molecule has 0 bridgehead atoms. The molecule has 2 aliphatic rings. The molecule has 3 N–H and O–H groups in total. The highest BCUT2D eigenvalue weighted by molar-refractivity contribution is 6.33. The first-order valence-electron chi connectivity index (χ1n) is 7.19. The zero-order valence-corrected chi connectivity index (χ0v) is 12.1. The van der Waals surface area contributed by atoms with Crippen molar-refractivity contribution in [1.29, 1.82) is 0 Å². The van der Waals surface area contributed by atoms with E-state index in [9.17, 15) is 4.79 Å². The van der Waals surface area contributed by atoms with Crippen LogP contribution in [-0.2, 0) is 0 Å². The maximum absolute atomic E-state index is 12.3. The van der Waals surface area contributed by atoms with Gasteiger partial charge in [-0.25, -0.2) is 4.79 Å². The summed E-state index contributed by atoms with van der Waals surface area (Å²) in [4.78, 5) is 14.2. The summed E-state index contributed by atoms with van der Waals surface area (Å²) in [7, 11) is 0. The third-order valence-corrected chi connectivity index (χ3v) is 4.82. The van der Waals surface area contributed by atoms with Crippen LogP contribution in [0.5, 0.6) is 0 Å². The Labute approximate surface area is 124 Å². The van der Waals surface area contributed by atoms with Gasteiger partial charge in [0, 0.05) is 19.1 Å². The first kappa shape index (κ1) is 13.7. The molecule has 0 spiro atoms. The summed E-state index contributed by atoms with van der Waals surface area (Å²) in [5, 5.41) is 3.47. The number of benzene rings is 1. The molecular weight excluding hydrogens is 274 g/mol. The van der Waals surface area contributed by atoms with Crippen molar-refractivity contribution in [3.05, 3.63) is 29.3 Å². The van der Waals surface area contributed by atoms with E-state index in [1.165, 1.54) is 0 Å². The highest BCUT2D eigenvalue weighted by Gasteiger charge is 2.38. The van der Waals surface area contributed by atoms with Crippen LogP contribution in [0.1, 0.15) is 19.3 Å². The predicted molar refractivity (Wildman–Crippen MR) is 80.9 cm³/mol. The number of nitrogens with one attached hydrogen (secondary N) is 1. The van der Waals surface area contributed by atoms with Gasteiger partial charge in [-0.2, -0.15) is 0 Å². The van der Waals surface area contributed by atoms with E-state index in [4.69, 9.17) is 17.3 Å². The average molecular weight is 294 g/mol. The Bertz CT molecular complexity index is 508. The topological polar surface area (TPSA) is 58.4 Å². The molecule has 1 unspecified atom stereocenters. The largest absolute Gasteiger partial charge is 0.328 e. The molecule has 3 atom stereocenters. The van der Waals surface area contributed by atoms with Crippen molar-refractivity contribution < 1.29 is 4.79 Å². The lowest BCUT2D eigenvalue weighted by Gasteiger charge is -2.27. The van der Waals surface area contributed by atoms with Crippen molar-refractivity contribution in [2.45, 2.75) is 25.3 Å². The van der Waals surface area contributed by atoms with Gasteiger partial charge in [-0.1, -0.05) is 23.7 Å². The molecule has 0 radical (unpaired) electrons. The lowest BCUT2D eigenvalue weighted by molar-refractivity contribution is 0.220. The van der Waals surface area contributed by atoms with Crippen molar-refractivity contribution in [3.8, 4) is 0 Å². The summed E-state index contributed by atoms with van der Waals surface area (Å²) in [5.41, 5.74) is 6.69. The molecule has 20 heavy (non-hydrogen) atoms. The van der Waals surface area contributed by atoms with Gasteiger partial charge in [-0.05, 0) is 43.2 Å². The molecule has 2 amide bonds. The Morgan fingerprint density at radius 1 is 1.25 bits per heavy atom. The van der Waals surface area contributed by atoms with E-state index in [1.807, 2.05) is 23.1 Å². The minimum absolute atomic E-state index is 0.0546. The fraction of sp³-hybridized carbons (Fsp3) is 0.533. The van der Waals surface area contributed by atoms with Crippen LogP contribution >= 0.6 is 11.6 Å². The number of amides is 2. The number of carbonyl (C=O) groups excluding carboxylic acids is 1. The minimum atomic E-state index is -0.0546. The number of hydrogen-bond donors (Lipinski definition) is 2. The second kappa shape index (κ2) is 5.62. The molecule has 3 rings (SSSR count). The van der Waals surface area contributed by atoms with Gasteiger partial charge in [-0.3, -0.25) is 0 Å². The van der Waals surface area contributed by atoms with Crippen LogP contribution in [0.3, 0.4) is 0 Å². The van der Waals surface area contributed by atoms with Crippen molar-refractivity contribution >= 4 is 23.3 Å². The van der Waals surface area contributed by atoms with E-state index in [0.29, 0.717) is 28.6 Å². The molecule has 0 aromatic heterocycles. The number of urea groups is 1. The maximum atomic E-state index is 12.3. The van der Waals surface area contributed by atoms with Crippen LogP contribution in [0.4, 0.5) is 10.5 Å². The quantitative estimate of drug-likeness (QED) is 0.836. The van der Waals surface area contributed by atoms with Gasteiger partial charge in [0.15, 0.2) is 0 Å². The van der Waals surface area contributed by atoms with Crippen LogP contribution in [0.25, 0.3) is 0 Å². The average Bonchev–Trinajstić information content (AvgIpc) is 2.84. The number of halogens is 1. The van der Waals surface area contributed by atoms with Gasteiger partial charge in [-0.15, -0.1) is 0 Å². The van der Waals surface area contributed by atoms with Gasteiger partial charge >= 0.3 is 6.03 Å². The molecule has 1 heterocycles. The van der Waals surface area contributed by atoms with Crippen LogP contribution in [0, 0.1) is 11.8 Å². The summed E-state index contributed by atoms with van der Waals surface area (Å²) in [6, 6.07) is 7.57. The number of hydrogen-bond acceptors (Lipinski definition) is 2. The van der Waals surface area contributed by atoms with Crippen LogP contribution < -0.4 is 11.1 Å². The van der Waals surface area contributed by atoms with E-state index in [1.54, 1.807) is 6.07 Å². The zero-order chi connectivity index (χ0) is 14.1. The van der Waals surface area contributed by atoms with Gasteiger partial charge < -0.3 is 16.0 Å². The maximum Gasteiger partial charge on any atom is 0.321 e. The van der Waals surface area contributed by atoms with E-state index >= 15 is 0 Å². The highest BCUT2D eigenvalue weighted by atomic mass is 35.5. The fourth-order valence-corrected chi connectivity index (χ4v) is 3.57. The van der Waals surface area contributed by atoms with E-state index < -0.39 is 0 Å². The number of anilines is 1. The minimum Gasteiger partial charge on any atom is -0.328 e. The highest BCUT2D eigenvalue weighted by Crippen LogP contribution is 2.36. The number of fused-ring (bicyclic) bond motifs is 1. The summed E-state index contributed by atoms with van der Waals surface area (Å²) < 4.78 is 0. The molecule has 2 fully saturated rings. The first-order chi connectivity index (χ1) is 9.63. The van der Waals surface area contributed by atoms with Crippen molar-refractivity contribution in [1.82, 2.24) is 4.90 Å². The van der Waals surface area contributed by atoms with Crippen LogP contribution in [0.15, 0.2) is 24.3 Å². The Kier molecular flexibility index (Phi) is 3.85. The molecular formula is C15H20ClN3O. The van der Waals surface area contributed by atoms with Gasteiger partial charge in [0.05, 0.1) is 10.7 Å². The first-order valence-corrected chi connectivity index (χ1v) is 7.57. The summed E-state index contributed by atoms with van der Waals surface area (Å²) in [6.45, 7) is 1.66. The number of rotatable bonds is 1. The number of likely N-dealkylation sites (tertiary alicyclic amines) is 1. The van der Waals surface area contributed by atoms with Crippen LogP contribution in [-0.4, -0.2) is 30.1 Å². The molecule has 1 aliphatic carbocycles. The van der Waals surface area contributed by atoms with Gasteiger partial charge in [0.1, 0.15) is 0 Å². The Morgan fingerprint density at radius 3 is 2.80 bits per heavy atom. The Hall–Kier alpha value is -1.26. The third kappa shape index (κ3) is 2.76. The molecule has 1 aromatic rings.